The number of azo groups is 1. The van der Waals surface area contributed by atoms with Gasteiger partial charge in [-0.2, -0.15) is 10.2 Å². The predicted molar refractivity (Wildman–Crippen MR) is 123 cm³/mol. The summed E-state index contributed by atoms with van der Waals surface area (Å²) in [5.41, 5.74) is 2.69. The maximum Gasteiger partial charge on any atom is 0.325 e. The van der Waals surface area contributed by atoms with Gasteiger partial charge in [-0.05, 0) is 55.5 Å². The number of carbonyl (C=O) groups excluding carboxylic acids is 2. The van der Waals surface area contributed by atoms with Crippen LogP contribution >= 0.6 is 12.4 Å². The van der Waals surface area contributed by atoms with Gasteiger partial charge in [0.15, 0.2) is 0 Å². The number of nitrogens with zero attached hydrogens (tertiary/aromatic N) is 3. The Morgan fingerprint density at radius 1 is 0.938 bits per heavy atom. The second-order valence-corrected chi connectivity index (χ2v) is 6.47. The third kappa shape index (κ3) is 9.51. The number of anilines is 1. The molecular weight excluding hydrogens is 442 g/mol. The Labute approximate surface area is 191 Å². The zero-order valence-electron chi connectivity index (χ0n) is 17.8. The van der Waals surface area contributed by atoms with E-state index in [1.165, 1.54) is 6.92 Å². The van der Waals surface area contributed by atoms with Crippen LogP contribution in [-0.2, 0) is 9.59 Å². The molecule has 0 saturated heterocycles. The van der Waals surface area contributed by atoms with Crippen LogP contribution in [0.25, 0.3) is 0 Å². The molecule has 0 aromatic heterocycles. The minimum absolute atomic E-state index is 0. The summed E-state index contributed by atoms with van der Waals surface area (Å²) >= 11 is 0. The van der Waals surface area contributed by atoms with E-state index in [1.807, 2.05) is 43.3 Å². The van der Waals surface area contributed by atoms with E-state index in [2.05, 4.69) is 20.9 Å². The number of carboxylic acids is 1. The smallest absolute Gasteiger partial charge is 0.325 e. The van der Waals surface area contributed by atoms with Crippen molar-refractivity contribution in [2.75, 3.05) is 25.5 Å². The monoisotopic (exact) mass is 469 g/mol. The summed E-state index contributed by atoms with van der Waals surface area (Å²) in [6.07, 6.45) is 0. The van der Waals surface area contributed by atoms with Crippen molar-refractivity contribution < 1.29 is 30.4 Å². The zero-order valence-corrected chi connectivity index (χ0v) is 18.6. The van der Waals surface area contributed by atoms with E-state index in [4.69, 9.17) is 5.11 Å². The Balaban J connectivity index is 0. The fourth-order valence-corrected chi connectivity index (χ4v) is 2.23. The van der Waals surface area contributed by atoms with Gasteiger partial charge >= 0.3 is 5.97 Å². The first-order valence-corrected chi connectivity index (χ1v) is 8.86. The van der Waals surface area contributed by atoms with E-state index in [-0.39, 0.29) is 29.9 Å². The lowest BCUT2D eigenvalue weighted by atomic mass is 10.2. The summed E-state index contributed by atoms with van der Waals surface area (Å²) in [6.45, 7) is 1.02. The van der Waals surface area contributed by atoms with Crippen LogP contribution in [0.1, 0.15) is 17.3 Å². The highest BCUT2D eigenvalue weighted by Gasteiger charge is 2.14. The number of amides is 2. The topological polar surface area (TPSA) is 186 Å². The van der Waals surface area contributed by atoms with Crippen molar-refractivity contribution in [3.8, 4) is 0 Å². The summed E-state index contributed by atoms with van der Waals surface area (Å²) in [7, 11) is 3.91. The number of carbonyl (C=O) groups is 3. The van der Waals surface area contributed by atoms with Crippen LogP contribution in [0, 0.1) is 0 Å². The Morgan fingerprint density at radius 2 is 1.41 bits per heavy atom. The highest BCUT2D eigenvalue weighted by Crippen LogP contribution is 2.21. The van der Waals surface area contributed by atoms with Gasteiger partial charge in [-0.25, -0.2) is 0 Å². The fourth-order valence-electron chi connectivity index (χ4n) is 2.23. The van der Waals surface area contributed by atoms with Crippen LogP contribution in [0.3, 0.4) is 0 Å². The van der Waals surface area contributed by atoms with Gasteiger partial charge in [-0.15, -0.1) is 12.4 Å². The Kier molecular flexibility index (Phi) is 13.9. The largest absolute Gasteiger partial charge is 0.480 e. The number of aliphatic carboxylic acids is 1. The summed E-state index contributed by atoms with van der Waals surface area (Å²) in [4.78, 5) is 36.4. The maximum absolute atomic E-state index is 12.1. The molecule has 0 heterocycles. The fraction of sp³-hybridized carbons (Fsp3) is 0.250. The van der Waals surface area contributed by atoms with Crippen LogP contribution in [0.5, 0.6) is 0 Å². The van der Waals surface area contributed by atoms with Gasteiger partial charge in [0.2, 0.25) is 5.91 Å². The lowest BCUT2D eigenvalue weighted by Crippen LogP contribution is -2.43. The van der Waals surface area contributed by atoms with Crippen molar-refractivity contribution in [1.29, 1.82) is 0 Å². The van der Waals surface area contributed by atoms with Crippen molar-refractivity contribution in [1.82, 2.24) is 10.6 Å². The molecular formula is C20H28ClN5O6. The van der Waals surface area contributed by atoms with Gasteiger partial charge < -0.3 is 31.6 Å². The van der Waals surface area contributed by atoms with Crippen LogP contribution in [-0.4, -0.2) is 60.5 Å². The maximum atomic E-state index is 12.1. The van der Waals surface area contributed by atoms with Gasteiger partial charge in [0.05, 0.1) is 17.9 Å². The van der Waals surface area contributed by atoms with Crippen LogP contribution in [0.15, 0.2) is 58.8 Å². The van der Waals surface area contributed by atoms with Crippen LogP contribution < -0.4 is 15.5 Å². The second kappa shape index (κ2) is 14.5. The third-order valence-corrected chi connectivity index (χ3v) is 3.93. The molecule has 0 aliphatic rings. The zero-order chi connectivity index (χ0) is 21.4. The first-order valence-electron chi connectivity index (χ1n) is 8.86. The first-order chi connectivity index (χ1) is 13.8. The highest BCUT2D eigenvalue weighted by atomic mass is 35.5. The molecule has 0 bridgehead atoms. The van der Waals surface area contributed by atoms with Crippen LogP contribution in [0.4, 0.5) is 17.1 Å². The molecule has 12 heteroatoms. The quantitative estimate of drug-likeness (QED) is 0.490. The Hall–Kier alpha value is -3.54. The summed E-state index contributed by atoms with van der Waals surface area (Å²) in [5, 5.41) is 21.7. The van der Waals surface area contributed by atoms with Crippen molar-refractivity contribution >= 4 is 47.3 Å². The number of halogens is 1. The van der Waals surface area contributed by atoms with E-state index in [0.29, 0.717) is 16.9 Å². The first kappa shape index (κ1) is 30.7. The van der Waals surface area contributed by atoms with Crippen molar-refractivity contribution in [3.05, 3.63) is 54.1 Å². The molecule has 176 valence electrons. The molecule has 2 rings (SSSR count). The van der Waals surface area contributed by atoms with Crippen molar-refractivity contribution in [2.24, 2.45) is 10.2 Å². The van der Waals surface area contributed by atoms with E-state index in [9.17, 15) is 14.4 Å². The molecule has 1 unspecified atom stereocenters. The summed E-state index contributed by atoms with van der Waals surface area (Å²) in [6, 6.07) is 13.0. The normalized spacial score (nSPS) is 10.6. The lowest BCUT2D eigenvalue weighted by Gasteiger charge is -2.11. The Morgan fingerprint density at radius 3 is 1.84 bits per heavy atom. The second-order valence-electron chi connectivity index (χ2n) is 6.47. The average Bonchev–Trinajstić information content (AvgIpc) is 2.71. The van der Waals surface area contributed by atoms with Crippen LogP contribution in [0.2, 0.25) is 0 Å². The molecule has 0 saturated carbocycles. The minimum Gasteiger partial charge on any atom is -0.480 e. The lowest BCUT2D eigenvalue weighted by molar-refractivity contribution is -0.141. The summed E-state index contributed by atoms with van der Waals surface area (Å²) < 4.78 is 0. The van der Waals surface area contributed by atoms with Crippen molar-refractivity contribution in [2.45, 2.75) is 13.0 Å². The van der Waals surface area contributed by atoms with E-state index in [1.54, 1.807) is 24.3 Å². The van der Waals surface area contributed by atoms with Crippen molar-refractivity contribution in [3.63, 3.8) is 0 Å². The molecule has 7 N–H and O–H groups in total. The molecule has 0 aliphatic heterocycles. The number of hydrogen-bond acceptors (Lipinski definition) is 6. The Bertz CT molecular complexity index is 904. The van der Waals surface area contributed by atoms with Gasteiger partial charge in [-0.3, -0.25) is 14.4 Å². The average molecular weight is 470 g/mol. The number of hydrogen-bond donors (Lipinski definition) is 3. The number of nitrogens with one attached hydrogen (secondary N) is 2. The molecule has 2 amide bonds. The molecule has 0 radical (unpaired) electrons. The van der Waals surface area contributed by atoms with Gasteiger partial charge in [0.1, 0.15) is 6.04 Å². The minimum atomic E-state index is -1.15. The standard InChI is InChI=1S/C20H23N5O4.ClH.2H2O/c1-13(20(28)29)22-18(26)12-21-19(27)14-4-6-15(7-5-14)23-24-16-8-10-17(11-9-16)25(2)3;;;/h4-11,13H,12H2,1-3H3,(H,21,27)(H,22,26)(H,28,29);1H;2*1H2. The molecule has 1 atom stereocenters. The van der Waals surface area contributed by atoms with E-state index >= 15 is 0 Å². The highest BCUT2D eigenvalue weighted by molar-refractivity contribution is 5.97. The molecule has 2 aromatic rings. The summed E-state index contributed by atoms with van der Waals surface area (Å²) in [5.74, 6) is -2.19. The van der Waals surface area contributed by atoms with Gasteiger partial charge in [-0.1, -0.05) is 0 Å². The molecule has 11 nitrogen and oxygen atoms in total. The SMILES string of the molecule is CC(NC(=O)CNC(=O)c1ccc(N=Nc2ccc(N(C)C)cc2)cc1)C(=O)O.Cl.O.O. The molecule has 0 fully saturated rings. The third-order valence-electron chi connectivity index (χ3n) is 3.93. The van der Waals surface area contributed by atoms with Gasteiger partial charge in [0.25, 0.3) is 5.91 Å². The molecule has 32 heavy (non-hydrogen) atoms. The number of benzene rings is 2. The molecule has 2 aromatic carbocycles. The number of carboxylic acid groups (broad SMARTS) is 1. The molecule has 0 spiro atoms. The van der Waals surface area contributed by atoms with E-state index in [0.717, 1.165) is 5.69 Å². The number of rotatable bonds is 8. The van der Waals surface area contributed by atoms with E-state index < -0.39 is 23.8 Å². The van der Waals surface area contributed by atoms with Gasteiger partial charge in [0, 0.05) is 25.3 Å². The molecule has 0 aliphatic carbocycles. The predicted octanol–water partition coefficient (Wildman–Crippen LogP) is 1.26.